The molecule has 0 aliphatic heterocycles. The fraction of sp³-hybridized carbons (Fsp3) is 0.250. The van der Waals surface area contributed by atoms with Crippen molar-refractivity contribution >= 4 is 11.6 Å². The van der Waals surface area contributed by atoms with Crippen LogP contribution in [0.2, 0.25) is 0 Å². The molecule has 2 rings (SSSR count). The first-order chi connectivity index (χ1) is 10.1. The van der Waals surface area contributed by atoms with Crippen molar-refractivity contribution in [3.63, 3.8) is 0 Å². The van der Waals surface area contributed by atoms with Gasteiger partial charge in [0.05, 0.1) is 14.2 Å². The van der Waals surface area contributed by atoms with Gasteiger partial charge in [0, 0.05) is 11.8 Å². The molecule has 5 heteroatoms. The van der Waals surface area contributed by atoms with Crippen LogP contribution in [0.25, 0.3) is 0 Å². The van der Waals surface area contributed by atoms with Crippen molar-refractivity contribution < 1.29 is 14.3 Å². The number of aryl methyl sites for hydroxylation is 1. The number of carbonyl (C=O) groups excluding carboxylic acids is 1. The lowest BCUT2D eigenvalue weighted by Gasteiger charge is -2.12. The highest BCUT2D eigenvalue weighted by atomic mass is 16.5. The van der Waals surface area contributed by atoms with Crippen molar-refractivity contribution in [2.24, 2.45) is 0 Å². The second-order valence-corrected chi connectivity index (χ2v) is 4.61. The van der Waals surface area contributed by atoms with E-state index in [1.54, 1.807) is 12.1 Å². The molecule has 0 aliphatic carbocycles. The molecular formula is C16H18N2O3. The van der Waals surface area contributed by atoms with Crippen LogP contribution in [0.4, 0.5) is 5.69 Å². The monoisotopic (exact) mass is 286 g/mol. The van der Waals surface area contributed by atoms with Crippen LogP contribution in [0.5, 0.6) is 11.8 Å². The number of hydrogen-bond acceptors (Lipinski definition) is 4. The van der Waals surface area contributed by atoms with Gasteiger partial charge in [-0.15, -0.1) is 0 Å². The number of rotatable bonds is 4. The van der Waals surface area contributed by atoms with Crippen LogP contribution in [0.3, 0.4) is 0 Å². The first-order valence-electron chi connectivity index (χ1n) is 6.53. The molecule has 0 fully saturated rings. The van der Waals surface area contributed by atoms with E-state index in [1.807, 2.05) is 32.0 Å². The van der Waals surface area contributed by atoms with Gasteiger partial charge >= 0.3 is 0 Å². The van der Waals surface area contributed by atoms with E-state index in [-0.39, 0.29) is 11.8 Å². The molecule has 1 N–H and O–H groups in total. The van der Waals surface area contributed by atoms with E-state index in [2.05, 4.69) is 10.3 Å². The molecule has 2 aromatic rings. The molecule has 0 unspecified atom stereocenters. The van der Waals surface area contributed by atoms with E-state index < -0.39 is 0 Å². The first kappa shape index (κ1) is 14.8. The topological polar surface area (TPSA) is 60.5 Å². The molecule has 1 amide bonds. The van der Waals surface area contributed by atoms with E-state index >= 15 is 0 Å². The predicted molar refractivity (Wildman–Crippen MR) is 81.2 cm³/mol. The van der Waals surface area contributed by atoms with Gasteiger partial charge in [0.15, 0.2) is 0 Å². The maximum Gasteiger partial charge on any atom is 0.261 e. The first-order valence-corrected chi connectivity index (χ1v) is 6.53. The highest BCUT2D eigenvalue weighted by Gasteiger charge is 2.16. The van der Waals surface area contributed by atoms with Crippen LogP contribution in [-0.4, -0.2) is 25.1 Å². The van der Waals surface area contributed by atoms with Gasteiger partial charge in [0.2, 0.25) is 11.8 Å². The van der Waals surface area contributed by atoms with Gasteiger partial charge < -0.3 is 14.8 Å². The molecule has 0 aliphatic rings. The molecule has 0 saturated carbocycles. The Bertz CT molecular complexity index is 669. The van der Waals surface area contributed by atoms with E-state index in [0.29, 0.717) is 11.4 Å². The Morgan fingerprint density at radius 3 is 2.52 bits per heavy atom. The summed E-state index contributed by atoms with van der Waals surface area (Å²) in [6.45, 7) is 3.97. The number of nitrogens with zero attached hydrogens (tertiary/aromatic N) is 1. The molecule has 0 saturated heterocycles. The molecule has 5 nitrogen and oxygen atoms in total. The zero-order chi connectivity index (χ0) is 15.4. The summed E-state index contributed by atoms with van der Waals surface area (Å²) in [4.78, 5) is 16.5. The second kappa shape index (κ2) is 6.26. The molecule has 0 atom stereocenters. The molecule has 110 valence electrons. The highest BCUT2D eigenvalue weighted by molar-refractivity contribution is 6.06. The smallest absolute Gasteiger partial charge is 0.261 e. The van der Waals surface area contributed by atoms with Crippen LogP contribution in [-0.2, 0) is 0 Å². The lowest BCUT2D eigenvalue weighted by Crippen LogP contribution is -2.15. The largest absolute Gasteiger partial charge is 0.481 e. The zero-order valence-electron chi connectivity index (χ0n) is 12.6. The molecule has 21 heavy (non-hydrogen) atoms. The molecule has 0 bridgehead atoms. The normalized spacial score (nSPS) is 10.1. The number of hydrogen-bond donors (Lipinski definition) is 1. The van der Waals surface area contributed by atoms with Gasteiger partial charge in [-0.1, -0.05) is 12.1 Å². The summed E-state index contributed by atoms with van der Waals surface area (Å²) >= 11 is 0. The van der Waals surface area contributed by atoms with Crippen LogP contribution < -0.4 is 14.8 Å². The Balaban J connectivity index is 2.30. The summed E-state index contributed by atoms with van der Waals surface area (Å²) in [6.07, 6.45) is 0. The minimum Gasteiger partial charge on any atom is -0.481 e. The van der Waals surface area contributed by atoms with Crippen LogP contribution in [0.1, 0.15) is 21.5 Å². The Hall–Kier alpha value is -2.56. The standard InChI is InChI=1S/C16H18N2O3/c1-10-6-5-7-13(11(10)2)17-15(19)12-8-9-14(20-3)18-16(12)21-4/h5-9H,1-4H3,(H,17,19). The van der Waals surface area contributed by atoms with E-state index in [9.17, 15) is 4.79 Å². The molecule has 0 spiro atoms. The number of amides is 1. The molecule has 1 heterocycles. The minimum atomic E-state index is -0.268. The average Bonchev–Trinajstić information content (AvgIpc) is 2.51. The quantitative estimate of drug-likeness (QED) is 0.938. The maximum absolute atomic E-state index is 12.4. The number of ether oxygens (including phenoxy) is 2. The van der Waals surface area contributed by atoms with E-state index in [0.717, 1.165) is 16.8 Å². The molecule has 0 radical (unpaired) electrons. The Morgan fingerprint density at radius 2 is 1.86 bits per heavy atom. The fourth-order valence-electron chi connectivity index (χ4n) is 1.94. The van der Waals surface area contributed by atoms with E-state index in [4.69, 9.17) is 9.47 Å². The van der Waals surface area contributed by atoms with Crippen molar-refractivity contribution in [2.45, 2.75) is 13.8 Å². The molecule has 1 aromatic carbocycles. The Kier molecular flexibility index (Phi) is 4.42. The van der Waals surface area contributed by atoms with Gasteiger partial charge in [0.1, 0.15) is 5.56 Å². The summed E-state index contributed by atoms with van der Waals surface area (Å²) in [5.41, 5.74) is 3.29. The SMILES string of the molecule is COc1ccc(C(=O)Nc2cccc(C)c2C)c(OC)n1. The lowest BCUT2D eigenvalue weighted by molar-refractivity contribution is 0.102. The molecule has 1 aromatic heterocycles. The van der Waals surface area contributed by atoms with Crippen molar-refractivity contribution in [3.8, 4) is 11.8 Å². The highest BCUT2D eigenvalue weighted by Crippen LogP contribution is 2.23. The number of carbonyl (C=O) groups is 1. The van der Waals surface area contributed by atoms with Gasteiger partial charge in [-0.25, -0.2) is 0 Å². The van der Waals surface area contributed by atoms with Gasteiger partial charge in [-0.2, -0.15) is 4.98 Å². The van der Waals surface area contributed by atoms with Gasteiger partial charge in [-0.05, 0) is 37.1 Å². The third kappa shape index (κ3) is 3.13. The van der Waals surface area contributed by atoms with Crippen molar-refractivity contribution in [3.05, 3.63) is 47.0 Å². The number of aromatic nitrogens is 1. The van der Waals surface area contributed by atoms with E-state index in [1.165, 1.54) is 14.2 Å². The third-order valence-electron chi connectivity index (χ3n) is 3.33. The Morgan fingerprint density at radius 1 is 1.10 bits per heavy atom. The third-order valence-corrected chi connectivity index (χ3v) is 3.33. The zero-order valence-corrected chi connectivity index (χ0v) is 12.6. The summed E-state index contributed by atoms with van der Waals surface area (Å²) in [7, 11) is 2.98. The summed E-state index contributed by atoms with van der Waals surface area (Å²) in [6, 6.07) is 9.03. The van der Waals surface area contributed by atoms with Crippen LogP contribution in [0.15, 0.2) is 30.3 Å². The maximum atomic E-state index is 12.4. The molecular weight excluding hydrogens is 268 g/mol. The van der Waals surface area contributed by atoms with Crippen LogP contribution in [0, 0.1) is 13.8 Å². The van der Waals surface area contributed by atoms with Crippen molar-refractivity contribution in [1.82, 2.24) is 4.98 Å². The number of anilines is 1. The predicted octanol–water partition coefficient (Wildman–Crippen LogP) is 2.97. The minimum absolute atomic E-state index is 0.233. The second-order valence-electron chi connectivity index (χ2n) is 4.61. The van der Waals surface area contributed by atoms with Crippen molar-refractivity contribution in [2.75, 3.05) is 19.5 Å². The summed E-state index contributed by atoms with van der Waals surface area (Å²) in [5, 5.41) is 2.88. The fourth-order valence-corrected chi connectivity index (χ4v) is 1.94. The average molecular weight is 286 g/mol. The van der Waals surface area contributed by atoms with Crippen molar-refractivity contribution in [1.29, 1.82) is 0 Å². The van der Waals surface area contributed by atoms with Gasteiger partial charge in [0.25, 0.3) is 5.91 Å². The lowest BCUT2D eigenvalue weighted by atomic mass is 10.1. The number of pyridine rings is 1. The Labute approximate surface area is 123 Å². The summed E-state index contributed by atoms with van der Waals surface area (Å²) in [5.74, 6) is 0.364. The number of methoxy groups -OCH3 is 2. The summed E-state index contributed by atoms with van der Waals surface area (Å²) < 4.78 is 10.2. The van der Waals surface area contributed by atoms with Gasteiger partial charge in [-0.3, -0.25) is 4.79 Å². The number of benzene rings is 1. The van der Waals surface area contributed by atoms with Crippen LogP contribution >= 0.6 is 0 Å². The number of nitrogens with one attached hydrogen (secondary N) is 1.